The molecule has 17 heavy (non-hydrogen) atoms. The zero-order chi connectivity index (χ0) is 13.2. The second-order valence-electron chi connectivity index (χ2n) is 2.92. The first kappa shape index (κ1) is 13.0. The predicted molar refractivity (Wildman–Crippen MR) is 50.2 cm³/mol. The van der Waals surface area contributed by atoms with Crippen LogP contribution >= 0.6 is 0 Å². The first-order valence-electron chi connectivity index (χ1n) is 4.22. The molecule has 0 aliphatic rings. The molecule has 0 atom stereocenters. The van der Waals surface area contributed by atoms with Crippen LogP contribution in [0.2, 0.25) is 0 Å². The van der Waals surface area contributed by atoms with Crippen molar-refractivity contribution in [2.75, 3.05) is 5.73 Å². The van der Waals surface area contributed by atoms with E-state index in [4.69, 9.17) is 16.6 Å². The van der Waals surface area contributed by atoms with E-state index in [2.05, 4.69) is 9.72 Å². The average Bonchev–Trinajstić information content (AvgIpc) is 2.18. The molecule has 5 N–H and O–H groups in total. The van der Waals surface area contributed by atoms with Crippen LogP contribution in [0.5, 0.6) is 5.75 Å². The lowest BCUT2D eigenvalue weighted by Crippen LogP contribution is -2.21. The molecule has 0 aliphatic heterocycles. The van der Waals surface area contributed by atoms with E-state index in [1.54, 1.807) is 0 Å². The van der Waals surface area contributed by atoms with Gasteiger partial charge in [-0.15, -0.1) is 13.2 Å². The lowest BCUT2D eigenvalue weighted by Gasteiger charge is -2.14. The van der Waals surface area contributed by atoms with Gasteiger partial charge in [-0.2, -0.15) is 0 Å². The maximum Gasteiger partial charge on any atom is 0.573 e. The molecule has 1 heterocycles. The summed E-state index contributed by atoms with van der Waals surface area (Å²) < 4.78 is 39.8. The highest BCUT2D eigenvalue weighted by Gasteiger charge is 2.34. The highest BCUT2D eigenvalue weighted by atomic mass is 19.4. The molecule has 0 saturated carbocycles. The van der Waals surface area contributed by atoms with Crippen LogP contribution < -0.4 is 16.2 Å². The van der Waals surface area contributed by atoms with Crippen molar-refractivity contribution in [1.29, 1.82) is 0 Å². The number of ether oxygens (including phenoxy) is 1. The largest absolute Gasteiger partial charge is 0.573 e. The summed E-state index contributed by atoms with van der Waals surface area (Å²) in [5, 5.41) is 8.68. The molecular weight excluding hydrogens is 243 g/mol. The number of alkyl halides is 3. The summed E-state index contributed by atoms with van der Waals surface area (Å²) in [5.74, 6) is -2.63. The normalized spacial score (nSPS) is 11.3. The minimum absolute atomic E-state index is 0.0748. The smallest absolute Gasteiger partial charge is 0.477 e. The topological polar surface area (TPSA) is 111 Å². The van der Waals surface area contributed by atoms with E-state index in [9.17, 15) is 18.0 Å². The van der Waals surface area contributed by atoms with Crippen LogP contribution in [-0.4, -0.2) is 22.4 Å². The van der Waals surface area contributed by atoms with Crippen LogP contribution in [0.25, 0.3) is 0 Å². The van der Waals surface area contributed by atoms with Crippen LogP contribution in [0.15, 0.2) is 6.20 Å². The van der Waals surface area contributed by atoms with E-state index >= 15 is 0 Å². The van der Waals surface area contributed by atoms with E-state index in [1.165, 1.54) is 0 Å². The third-order valence-electron chi connectivity index (χ3n) is 1.79. The Kier molecular flexibility index (Phi) is 3.42. The minimum atomic E-state index is -5.05. The van der Waals surface area contributed by atoms with Crippen molar-refractivity contribution in [3.8, 4) is 5.75 Å². The molecule has 6 nitrogen and oxygen atoms in total. The van der Waals surface area contributed by atoms with Gasteiger partial charge in [-0.1, -0.05) is 0 Å². The third kappa shape index (κ3) is 2.97. The van der Waals surface area contributed by atoms with Gasteiger partial charge >= 0.3 is 12.3 Å². The number of carbonyl (C=O) groups is 1. The summed E-state index contributed by atoms with van der Waals surface area (Å²) in [4.78, 5) is 14.2. The maximum atomic E-state index is 12.1. The van der Waals surface area contributed by atoms with E-state index < -0.39 is 29.3 Å². The molecule has 1 rings (SSSR count). The summed E-state index contributed by atoms with van der Waals surface area (Å²) in [6.07, 6.45) is -4.34. The maximum absolute atomic E-state index is 12.1. The monoisotopic (exact) mass is 251 g/mol. The Morgan fingerprint density at radius 3 is 2.53 bits per heavy atom. The minimum Gasteiger partial charge on any atom is -0.477 e. The van der Waals surface area contributed by atoms with Crippen molar-refractivity contribution >= 4 is 11.7 Å². The summed E-state index contributed by atoms with van der Waals surface area (Å²) in [7, 11) is 0. The van der Waals surface area contributed by atoms with Crippen molar-refractivity contribution in [3.05, 3.63) is 17.5 Å². The molecule has 0 unspecified atom stereocenters. The van der Waals surface area contributed by atoms with Crippen molar-refractivity contribution in [3.63, 3.8) is 0 Å². The fraction of sp³-hybridized carbons (Fsp3) is 0.250. The van der Waals surface area contributed by atoms with Gasteiger partial charge in [0.25, 0.3) is 0 Å². The second-order valence-corrected chi connectivity index (χ2v) is 2.92. The molecule has 0 saturated heterocycles. The van der Waals surface area contributed by atoms with Crippen LogP contribution in [0.4, 0.5) is 18.9 Å². The van der Waals surface area contributed by atoms with Crippen LogP contribution in [-0.2, 0) is 6.54 Å². The van der Waals surface area contributed by atoms with E-state index in [1.807, 2.05) is 0 Å². The van der Waals surface area contributed by atoms with Crippen molar-refractivity contribution in [2.45, 2.75) is 12.9 Å². The molecule has 0 bridgehead atoms. The SMILES string of the molecule is NCc1ncc(C(=O)O)c(OC(F)(F)F)c1N. The quantitative estimate of drug-likeness (QED) is 0.729. The molecule has 0 spiro atoms. The summed E-state index contributed by atoms with van der Waals surface area (Å²) in [6.45, 7) is -0.236. The molecule has 0 aromatic carbocycles. The Hall–Kier alpha value is -2.03. The Bertz CT molecular complexity index is 448. The van der Waals surface area contributed by atoms with Gasteiger partial charge < -0.3 is 21.3 Å². The fourth-order valence-corrected chi connectivity index (χ4v) is 1.09. The van der Waals surface area contributed by atoms with E-state index in [0.29, 0.717) is 6.20 Å². The van der Waals surface area contributed by atoms with Gasteiger partial charge in [-0.25, -0.2) is 4.79 Å². The van der Waals surface area contributed by atoms with E-state index in [0.717, 1.165) is 0 Å². The van der Waals surface area contributed by atoms with Gasteiger partial charge in [0.1, 0.15) is 5.56 Å². The number of carboxylic acids is 1. The molecule has 0 amide bonds. The summed E-state index contributed by atoms with van der Waals surface area (Å²) in [6, 6.07) is 0. The molecule has 0 aliphatic carbocycles. The standard InChI is InChI=1S/C8H8F3N3O3/c9-8(10,11)17-6-3(7(15)16)2-14-4(1-12)5(6)13/h2H,1,12-13H2,(H,15,16). The third-order valence-corrected chi connectivity index (χ3v) is 1.79. The van der Waals surface area contributed by atoms with Crippen LogP contribution in [0, 0.1) is 0 Å². The summed E-state index contributed by atoms with van der Waals surface area (Å²) in [5.41, 5.74) is 9.10. The van der Waals surface area contributed by atoms with Crippen molar-refractivity contribution in [1.82, 2.24) is 4.98 Å². The fourth-order valence-electron chi connectivity index (χ4n) is 1.09. The lowest BCUT2D eigenvalue weighted by molar-refractivity contribution is -0.274. The first-order valence-corrected chi connectivity index (χ1v) is 4.22. The lowest BCUT2D eigenvalue weighted by atomic mass is 10.2. The Labute approximate surface area is 93.0 Å². The second kappa shape index (κ2) is 4.45. The number of aromatic nitrogens is 1. The zero-order valence-corrected chi connectivity index (χ0v) is 8.28. The van der Waals surface area contributed by atoms with Crippen molar-refractivity contribution < 1.29 is 27.8 Å². The molecule has 0 fully saturated rings. The molecule has 0 radical (unpaired) electrons. The Morgan fingerprint density at radius 2 is 2.12 bits per heavy atom. The van der Waals surface area contributed by atoms with Gasteiger partial charge in [0, 0.05) is 12.7 Å². The number of rotatable bonds is 3. The molecule has 1 aromatic rings. The number of nitrogen functional groups attached to an aromatic ring is 1. The highest BCUT2D eigenvalue weighted by molar-refractivity contribution is 5.93. The number of hydrogen-bond donors (Lipinski definition) is 3. The van der Waals surface area contributed by atoms with Gasteiger partial charge in [-0.05, 0) is 0 Å². The molecular formula is C8H8F3N3O3. The zero-order valence-electron chi connectivity index (χ0n) is 8.28. The Balaban J connectivity index is 3.35. The number of hydrogen-bond acceptors (Lipinski definition) is 5. The van der Waals surface area contributed by atoms with Gasteiger partial charge in [0.15, 0.2) is 5.75 Å². The van der Waals surface area contributed by atoms with E-state index in [-0.39, 0.29) is 12.2 Å². The number of pyridine rings is 1. The van der Waals surface area contributed by atoms with Gasteiger partial charge in [0.2, 0.25) is 0 Å². The van der Waals surface area contributed by atoms with Crippen molar-refractivity contribution in [2.24, 2.45) is 5.73 Å². The Morgan fingerprint density at radius 1 is 1.53 bits per heavy atom. The molecule has 94 valence electrons. The predicted octanol–water partition coefficient (Wildman–Crippen LogP) is 0.719. The highest BCUT2D eigenvalue weighted by Crippen LogP contribution is 2.33. The number of nitrogens with two attached hydrogens (primary N) is 2. The van der Waals surface area contributed by atoms with Gasteiger partial charge in [0.05, 0.1) is 11.4 Å². The van der Waals surface area contributed by atoms with Crippen LogP contribution in [0.1, 0.15) is 16.1 Å². The molecule has 1 aromatic heterocycles. The number of halogens is 3. The number of nitrogens with zero attached hydrogens (tertiary/aromatic N) is 1. The summed E-state index contributed by atoms with van der Waals surface area (Å²) >= 11 is 0. The van der Waals surface area contributed by atoms with Crippen LogP contribution in [0.3, 0.4) is 0 Å². The first-order chi connectivity index (χ1) is 7.76. The number of carboxylic acid groups (broad SMARTS) is 1. The number of aromatic carboxylic acids is 1. The molecule has 9 heteroatoms. The number of anilines is 1. The average molecular weight is 251 g/mol. The van der Waals surface area contributed by atoms with Gasteiger partial charge in [-0.3, -0.25) is 4.98 Å².